The van der Waals surface area contributed by atoms with Gasteiger partial charge in [-0.3, -0.25) is 4.57 Å². The molecule has 0 saturated heterocycles. The molecule has 0 fully saturated rings. The van der Waals surface area contributed by atoms with Gasteiger partial charge in [-0.2, -0.15) is 0 Å². The number of aromatic nitrogens is 3. The lowest BCUT2D eigenvalue weighted by Crippen LogP contribution is -2.33. The molecule has 1 spiro atoms. The van der Waals surface area contributed by atoms with Gasteiger partial charge in [-0.25, -0.2) is 9.97 Å². The van der Waals surface area contributed by atoms with E-state index in [1.165, 1.54) is 55.8 Å². The van der Waals surface area contributed by atoms with Crippen LogP contribution in [0.3, 0.4) is 0 Å². The number of rotatable bonds is 5. The largest absolute Gasteiger partial charge is 0.292 e. The number of nitrogens with zero attached hydrogens (tertiary/aromatic N) is 3. The van der Waals surface area contributed by atoms with Crippen molar-refractivity contribution in [1.29, 1.82) is 0 Å². The standard InChI is InChI=1S/C55H35N3/c1-4-15-36(16-5-1)42-34-50(38-17-6-2-7-18-38)56-51(35-42)39-29-27-37(28-30-39)41-31-32-44-43-21-10-11-22-45(43)55(48(44)33-41)46-23-12-13-26-52(46)58-53-47(55)24-14-25-49(53)57-54(58)40-19-8-3-9-20-40/h1-35H. The van der Waals surface area contributed by atoms with Crippen LogP contribution in [0.2, 0.25) is 0 Å². The zero-order valence-corrected chi connectivity index (χ0v) is 31.5. The quantitative estimate of drug-likeness (QED) is 0.176. The van der Waals surface area contributed by atoms with Crippen molar-refractivity contribution in [2.75, 3.05) is 0 Å². The monoisotopic (exact) mass is 737 g/mol. The molecule has 1 unspecified atom stereocenters. The summed E-state index contributed by atoms with van der Waals surface area (Å²) in [6.07, 6.45) is 0. The molecule has 3 nitrogen and oxygen atoms in total. The van der Waals surface area contributed by atoms with Crippen molar-refractivity contribution in [3.05, 3.63) is 235 Å². The highest BCUT2D eigenvalue weighted by atomic mass is 15.1. The summed E-state index contributed by atoms with van der Waals surface area (Å²) in [7, 11) is 0. The predicted molar refractivity (Wildman–Crippen MR) is 237 cm³/mol. The SMILES string of the molecule is c1ccc(-c2cc(-c3ccccc3)nc(-c3ccc(-c4ccc5c(c4)C4(c6ccccc6-5)c5ccccc5-n5c(-c6ccccc6)nc6cccc4c65)cc3)c2)cc1. The number of para-hydroxylation sites is 2. The highest BCUT2D eigenvalue weighted by molar-refractivity contribution is 5.98. The third-order valence-electron chi connectivity index (χ3n) is 12.2. The van der Waals surface area contributed by atoms with E-state index >= 15 is 0 Å². The molecule has 1 atom stereocenters. The van der Waals surface area contributed by atoms with Gasteiger partial charge in [0, 0.05) is 16.7 Å². The lowest BCUT2D eigenvalue weighted by molar-refractivity contribution is 0.746. The zero-order valence-electron chi connectivity index (χ0n) is 31.5. The molecular formula is C55H35N3. The topological polar surface area (TPSA) is 30.7 Å². The fourth-order valence-corrected chi connectivity index (χ4v) is 9.68. The fraction of sp³-hybridized carbons (Fsp3) is 0.0182. The van der Waals surface area contributed by atoms with Gasteiger partial charge in [0.25, 0.3) is 0 Å². The summed E-state index contributed by atoms with van der Waals surface area (Å²) in [4.78, 5) is 10.5. The Hall–Kier alpha value is -7.62. The van der Waals surface area contributed by atoms with Crippen LogP contribution in [0, 0.1) is 0 Å². The maximum Gasteiger partial charge on any atom is 0.145 e. The highest BCUT2D eigenvalue weighted by Gasteiger charge is 2.51. The molecule has 0 radical (unpaired) electrons. The van der Waals surface area contributed by atoms with E-state index in [9.17, 15) is 0 Å². The predicted octanol–water partition coefficient (Wildman–Crippen LogP) is 13.4. The van der Waals surface area contributed by atoms with Crippen LogP contribution in [-0.2, 0) is 5.41 Å². The van der Waals surface area contributed by atoms with Crippen LogP contribution in [0.15, 0.2) is 212 Å². The molecule has 2 aliphatic rings. The Kier molecular flexibility index (Phi) is 7.14. The van der Waals surface area contributed by atoms with E-state index in [2.05, 4.69) is 211 Å². The van der Waals surface area contributed by atoms with Crippen molar-refractivity contribution in [1.82, 2.24) is 14.5 Å². The first-order chi connectivity index (χ1) is 28.8. The Labute approximate surface area is 337 Å². The molecule has 0 amide bonds. The Morgan fingerprint density at radius 2 is 0.862 bits per heavy atom. The van der Waals surface area contributed by atoms with E-state index in [1.807, 2.05) is 6.07 Å². The minimum absolute atomic E-state index is 0.530. The average molecular weight is 738 g/mol. The van der Waals surface area contributed by atoms with Crippen molar-refractivity contribution < 1.29 is 0 Å². The first-order valence-electron chi connectivity index (χ1n) is 19.9. The maximum absolute atomic E-state index is 5.32. The number of pyridine rings is 1. The first-order valence-corrected chi connectivity index (χ1v) is 19.9. The van der Waals surface area contributed by atoms with Crippen LogP contribution in [0.1, 0.15) is 22.3 Å². The molecule has 270 valence electrons. The minimum atomic E-state index is -0.530. The maximum atomic E-state index is 5.32. The Morgan fingerprint density at radius 1 is 0.328 bits per heavy atom. The third-order valence-corrected chi connectivity index (χ3v) is 12.2. The molecule has 8 aromatic carbocycles. The number of hydrogen-bond acceptors (Lipinski definition) is 2. The summed E-state index contributed by atoms with van der Waals surface area (Å²) in [5.74, 6) is 0.963. The molecule has 2 aromatic heterocycles. The summed E-state index contributed by atoms with van der Waals surface area (Å²) in [6.45, 7) is 0. The van der Waals surface area contributed by atoms with E-state index in [0.29, 0.717) is 0 Å². The molecule has 1 aliphatic heterocycles. The third kappa shape index (κ3) is 4.74. The fourth-order valence-electron chi connectivity index (χ4n) is 9.68. The molecule has 0 bridgehead atoms. The molecule has 0 N–H and O–H groups in total. The van der Waals surface area contributed by atoms with Gasteiger partial charge in [0.1, 0.15) is 5.82 Å². The Balaban J connectivity index is 1.03. The second-order valence-electron chi connectivity index (χ2n) is 15.3. The van der Waals surface area contributed by atoms with E-state index < -0.39 is 5.41 Å². The lowest BCUT2D eigenvalue weighted by Gasteiger charge is -2.39. The molecule has 3 heteroatoms. The van der Waals surface area contributed by atoms with Gasteiger partial charge in [-0.05, 0) is 86.0 Å². The summed E-state index contributed by atoms with van der Waals surface area (Å²) in [6, 6.07) is 76.7. The van der Waals surface area contributed by atoms with E-state index in [4.69, 9.17) is 9.97 Å². The number of imidazole rings is 1. The number of fused-ring (bicyclic) bond motifs is 9. The lowest BCUT2D eigenvalue weighted by atomic mass is 9.65. The molecule has 12 rings (SSSR count). The van der Waals surface area contributed by atoms with E-state index in [0.717, 1.165) is 50.5 Å². The highest BCUT2D eigenvalue weighted by Crippen LogP contribution is 2.61. The summed E-state index contributed by atoms with van der Waals surface area (Å²) >= 11 is 0. The van der Waals surface area contributed by atoms with Crippen LogP contribution < -0.4 is 0 Å². The van der Waals surface area contributed by atoms with Crippen molar-refractivity contribution in [3.8, 4) is 73.0 Å². The molecule has 58 heavy (non-hydrogen) atoms. The Morgan fingerprint density at radius 3 is 1.60 bits per heavy atom. The molecule has 1 aliphatic carbocycles. The van der Waals surface area contributed by atoms with Gasteiger partial charge in [0.2, 0.25) is 0 Å². The van der Waals surface area contributed by atoms with Crippen LogP contribution in [0.4, 0.5) is 0 Å². The van der Waals surface area contributed by atoms with Crippen molar-refractivity contribution in [2.45, 2.75) is 5.41 Å². The summed E-state index contributed by atoms with van der Waals surface area (Å²) in [5.41, 5.74) is 20.4. The van der Waals surface area contributed by atoms with Crippen molar-refractivity contribution in [2.24, 2.45) is 0 Å². The molecule has 3 heterocycles. The van der Waals surface area contributed by atoms with Crippen LogP contribution in [0.5, 0.6) is 0 Å². The summed E-state index contributed by atoms with van der Waals surface area (Å²) in [5, 5.41) is 0. The van der Waals surface area contributed by atoms with Gasteiger partial charge < -0.3 is 0 Å². The van der Waals surface area contributed by atoms with Gasteiger partial charge in [0.15, 0.2) is 0 Å². The van der Waals surface area contributed by atoms with Crippen LogP contribution >= 0.6 is 0 Å². The second kappa shape index (κ2) is 12.7. The van der Waals surface area contributed by atoms with Gasteiger partial charge in [-0.1, -0.05) is 182 Å². The molecule has 0 saturated carbocycles. The minimum Gasteiger partial charge on any atom is -0.292 e. The molecule has 10 aromatic rings. The number of benzene rings is 8. The van der Waals surface area contributed by atoms with Gasteiger partial charge >= 0.3 is 0 Å². The Bertz CT molecular complexity index is 3140. The average Bonchev–Trinajstić information content (AvgIpc) is 3.84. The summed E-state index contributed by atoms with van der Waals surface area (Å²) < 4.78 is 2.40. The second-order valence-corrected chi connectivity index (χ2v) is 15.3. The molecular weight excluding hydrogens is 703 g/mol. The van der Waals surface area contributed by atoms with Crippen molar-refractivity contribution >= 4 is 11.0 Å². The zero-order chi connectivity index (χ0) is 38.2. The van der Waals surface area contributed by atoms with Gasteiger partial charge in [-0.15, -0.1) is 0 Å². The van der Waals surface area contributed by atoms with Crippen molar-refractivity contribution in [3.63, 3.8) is 0 Å². The van der Waals surface area contributed by atoms with Crippen LogP contribution in [-0.4, -0.2) is 14.5 Å². The van der Waals surface area contributed by atoms with E-state index in [1.54, 1.807) is 0 Å². The van der Waals surface area contributed by atoms with Gasteiger partial charge in [0.05, 0.1) is 33.5 Å². The smallest absolute Gasteiger partial charge is 0.145 e. The normalized spacial score (nSPS) is 14.6. The number of hydrogen-bond donors (Lipinski definition) is 0. The van der Waals surface area contributed by atoms with E-state index in [-0.39, 0.29) is 0 Å². The first kappa shape index (κ1) is 32.6. The van der Waals surface area contributed by atoms with Crippen LogP contribution in [0.25, 0.3) is 84.0 Å².